The fourth-order valence-electron chi connectivity index (χ4n) is 1.37. The minimum Gasteiger partial charge on any atom is -0.302 e. The summed E-state index contributed by atoms with van der Waals surface area (Å²) in [5.74, 6) is 0.790. The molecule has 2 unspecified atom stereocenters. The van der Waals surface area contributed by atoms with Gasteiger partial charge in [0.05, 0.1) is 6.17 Å². The topological polar surface area (TPSA) is 24.1 Å². The Morgan fingerprint density at radius 1 is 1.00 bits per heavy atom. The van der Waals surface area contributed by atoms with Crippen LogP contribution < -0.4 is 10.6 Å². The van der Waals surface area contributed by atoms with E-state index in [0.717, 1.165) is 19.0 Å². The standard InChI is InChI=1S/C12H28N2/c1-5-8-12(13-9-6-2)14-10-11(4)7-3/h11-14H,5-10H2,1-4H3. The zero-order chi connectivity index (χ0) is 10.8. The Hall–Kier alpha value is -0.0800. The van der Waals surface area contributed by atoms with E-state index in [4.69, 9.17) is 0 Å². The predicted octanol–water partition coefficient (Wildman–Crippen LogP) is 2.75. The zero-order valence-corrected chi connectivity index (χ0v) is 10.4. The number of rotatable bonds is 9. The molecule has 0 amide bonds. The van der Waals surface area contributed by atoms with Crippen molar-refractivity contribution in [3.8, 4) is 0 Å². The van der Waals surface area contributed by atoms with Crippen LogP contribution in [0.15, 0.2) is 0 Å². The third kappa shape index (κ3) is 7.34. The van der Waals surface area contributed by atoms with Crippen LogP contribution >= 0.6 is 0 Å². The van der Waals surface area contributed by atoms with E-state index in [9.17, 15) is 0 Å². The lowest BCUT2D eigenvalue weighted by Gasteiger charge is -2.21. The Labute approximate surface area is 89.9 Å². The van der Waals surface area contributed by atoms with E-state index >= 15 is 0 Å². The van der Waals surface area contributed by atoms with Gasteiger partial charge in [-0.2, -0.15) is 0 Å². The fourth-order valence-corrected chi connectivity index (χ4v) is 1.37. The van der Waals surface area contributed by atoms with E-state index in [0.29, 0.717) is 6.17 Å². The van der Waals surface area contributed by atoms with Gasteiger partial charge >= 0.3 is 0 Å². The molecular formula is C12H28N2. The lowest BCUT2D eigenvalue weighted by Crippen LogP contribution is -2.44. The van der Waals surface area contributed by atoms with Crippen molar-refractivity contribution in [3.05, 3.63) is 0 Å². The van der Waals surface area contributed by atoms with E-state index in [1.807, 2.05) is 0 Å². The van der Waals surface area contributed by atoms with Gasteiger partial charge in [-0.15, -0.1) is 0 Å². The van der Waals surface area contributed by atoms with Gasteiger partial charge in [0.1, 0.15) is 0 Å². The molecule has 2 nitrogen and oxygen atoms in total. The third-order valence-electron chi connectivity index (χ3n) is 2.63. The predicted molar refractivity (Wildman–Crippen MR) is 64.4 cm³/mol. The first-order valence-corrected chi connectivity index (χ1v) is 6.21. The summed E-state index contributed by atoms with van der Waals surface area (Å²) in [6.07, 6.45) is 5.48. The van der Waals surface area contributed by atoms with Gasteiger partial charge in [-0.3, -0.25) is 0 Å². The SMILES string of the molecule is CCCNC(CCC)NCC(C)CC. The molecule has 0 spiro atoms. The van der Waals surface area contributed by atoms with Crippen LogP contribution in [0.25, 0.3) is 0 Å². The number of nitrogens with one attached hydrogen (secondary N) is 2. The molecule has 0 aromatic carbocycles. The zero-order valence-electron chi connectivity index (χ0n) is 10.4. The quantitative estimate of drug-likeness (QED) is 0.559. The van der Waals surface area contributed by atoms with Crippen LogP contribution in [0, 0.1) is 5.92 Å². The Morgan fingerprint density at radius 3 is 2.21 bits per heavy atom. The highest BCUT2D eigenvalue weighted by molar-refractivity contribution is 4.65. The maximum atomic E-state index is 3.60. The summed E-state index contributed by atoms with van der Waals surface area (Å²) in [4.78, 5) is 0. The Morgan fingerprint density at radius 2 is 1.71 bits per heavy atom. The second kappa shape index (κ2) is 9.47. The molecule has 0 heterocycles. The molecule has 0 aliphatic carbocycles. The van der Waals surface area contributed by atoms with Crippen molar-refractivity contribution in [1.82, 2.24) is 10.6 Å². The highest BCUT2D eigenvalue weighted by Gasteiger charge is 2.06. The van der Waals surface area contributed by atoms with E-state index < -0.39 is 0 Å². The summed E-state index contributed by atoms with van der Waals surface area (Å²) in [5.41, 5.74) is 0. The molecule has 0 aliphatic rings. The highest BCUT2D eigenvalue weighted by atomic mass is 15.1. The van der Waals surface area contributed by atoms with Crippen LogP contribution in [0.1, 0.15) is 53.4 Å². The van der Waals surface area contributed by atoms with Gasteiger partial charge in [0.15, 0.2) is 0 Å². The normalized spacial score (nSPS) is 15.4. The molecule has 0 saturated heterocycles. The molecule has 2 atom stereocenters. The number of hydrogen-bond donors (Lipinski definition) is 2. The molecule has 14 heavy (non-hydrogen) atoms. The minimum atomic E-state index is 0.522. The largest absolute Gasteiger partial charge is 0.302 e. The molecule has 0 radical (unpaired) electrons. The van der Waals surface area contributed by atoms with Gasteiger partial charge in [-0.25, -0.2) is 0 Å². The fraction of sp³-hybridized carbons (Fsp3) is 1.00. The average molecular weight is 200 g/mol. The first kappa shape index (κ1) is 13.9. The van der Waals surface area contributed by atoms with Crippen LogP contribution in [0.5, 0.6) is 0 Å². The lowest BCUT2D eigenvalue weighted by molar-refractivity contribution is 0.365. The molecule has 86 valence electrons. The van der Waals surface area contributed by atoms with Crippen molar-refractivity contribution in [2.45, 2.75) is 59.5 Å². The van der Waals surface area contributed by atoms with Crippen LogP contribution in [-0.4, -0.2) is 19.3 Å². The molecule has 0 aliphatic heterocycles. The number of hydrogen-bond acceptors (Lipinski definition) is 2. The highest BCUT2D eigenvalue weighted by Crippen LogP contribution is 2.00. The van der Waals surface area contributed by atoms with E-state index in [1.54, 1.807) is 0 Å². The smallest absolute Gasteiger partial charge is 0.0571 e. The summed E-state index contributed by atoms with van der Waals surface area (Å²) in [6, 6.07) is 0. The van der Waals surface area contributed by atoms with Crippen molar-refractivity contribution in [2.24, 2.45) is 5.92 Å². The molecule has 0 aromatic heterocycles. The van der Waals surface area contributed by atoms with Crippen LogP contribution in [0.2, 0.25) is 0 Å². The average Bonchev–Trinajstić information content (AvgIpc) is 2.21. The monoisotopic (exact) mass is 200 g/mol. The second-order valence-corrected chi connectivity index (χ2v) is 4.22. The summed E-state index contributed by atoms with van der Waals surface area (Å²) in [7, 11) is 0. The summed E-state index contributed by atoms with van der Waals surface area (Å²) in [6.45, 7) is 11.3. The Balaban J connectivity index is 3.60. The molecule has 0 aromatic rings. The van der Waals surface area contributed by atoms with Gasteiger partial charge in [0, 0.05) is 0 Å². The Bertz CT molecular complexity index is 115. The van der Waals surface area contributed by atoms with E-state index in [-0.39, 0.29) is 0 Å². The molecule has 0 bridgehead atoms. The van der Waals surface area contributed by atoms with Crippen LogP contribution in [0.3, 0.4) is 0 Å². The van der Waals surface area contributed by atoms with Crippen molar-refractivity contribution in [3.63, 3.8) is 0 Å². The van der Waals surface area contributed by atoms with Crippen LogP contribution in [0.4, 0.5) is 0 Å². The molecule has 0 saturated carbocycles. The summed E-state index contributed by atoms with van der Waals surface area (Å²) in [5, 5.41) is 7.13. The van der Waals surface area contributed by atoms with Gasteiger partial charge in [-0.05, 0) is 31.8 Å². The second-order valence-electron chi connectivity index (χ2n) is 4.22. The first-order chi connectivity index (χ1) is 6.74. The van der Waals surface area contributed by atoms with Crippen molar-refractivity contribution < 1.29 is 0 Å². The first-order valence-electron chi connectivity index (χ1n) is 6.21. The van der Waals surface area contributed by atoms with Crippen molar-refractivity contribution in [1.29, 1.82) is 0 Å². The Kier molecular flexibility index (Phi) is 9.42. The van der Waals surface area contributed by atoms with Crippen molar-refractivity contribution in [2.75, 3.05) is 13.1 Å². The molecule has 0 rings (SSSR count). The van der Waals surface area contributed by atoms with Gasteiger partial charge in [0.25, 0.3) is 0 Å². The van der Waals surface area contributed by atoms with Gasteiger partial charge in [0.2, 0.25) is 0 Å². The summed E-state index contributed by atoms with van der Waals surface area (Å²) >= 11 is 0. The molecule has 0 fully saturated rings. The van der Waals surface area contributed by atoms with Gasteiger partial charge in [-0.1, -0.05) is 40.5 Å². The van der Waals surface area contributed by atoms with Crippen LogP contribution in [-0.2, 0) is 0 Å². The van der Waals surface area contributed by atoms with E-state index in [2.05, 4.69) is 38.3 Å². The maximum absolute atomic E-state index is 3.60. The van der Waals surface area contributed by atoms with Crippen molar-refractivity contribution >= 4 is 0 Å². The van der Waals surface area contributed by atoms with Gasteiger partial charge < -0.3 is 10.6 Å². The lowest BCUT2D eigenvalue weighted by atomic mass is 10.1. The molecule has 2 N–H and O–H groups in total. The third-order valence-corrected chi connectivity index (χ3v) is 2.63. The minimum absolute atomic E-state index is 0.522. The van der Waals surface area contributed by atoms with E-state index in [1.165, 1.54) is 25.7 Å². The maximum Gasteiger partial charge on any atom is 0.0571 e. The molecular weight excluding hydrogens is 172 g/mol. The molecule has 2 heteroatoms. The summed E-state index contributed by atoms with van der Waals surface area (Å²) < 4.78 is 0.